The molecule has 3 aromatic rings. The number of nitrogens with zero attached hydrogens (tertiary/aromatic N) is 2. The summed E-state index contributed by atoms with van der Waals surface area (Å²) in [5.41, 5.74) is 4.14. The lowest BCUT2D eigenvalue weighted by Crippen LogP contribution is -2.14. The quantitative estimate of drug-likeness (QED) is 0.606. The Morgan fingerprint density at radius 2 is 1.93 bits per heavy atom. The van der Waals surface area contributed by atoms with Crippen molar-refractivity contribution in [2.24, 2.45) is 7.05 Å². The first kappa shape index (κ1) is 18.9. The number of allylic oxidation sites excluding steroid dienone is 1. The van der Waals surface area contributed by atoms with Gasteiger partial charge in [-0.05, 0) is 54.3 Å². The number of halogens is 1. The van der Waals surface area contributed by atoms with Gasteiger partial charge in [-0.2, -0.15) is 5.10 Å². The Morgan fingerprint density at radius 3 is 2.69 bits per heavy atom. The molecule has 0 atom stereocenters. The van der Waals surface area contributed by atoms with Crippen LogP contribution in [0.25, 0.3) is 6.08 Å². The first-order valence-corrected chi connectivity index (χ1v) is 9.36. The van der Waals surface area contributed by atoms with E-state index < -0.39 is 0 Å². The van der Waals surface area contributed by atoms with Crippen LogP contribution in [0.4, 0.5) is 4.39 Å². The van der Waals surface area contributed by atoms with Gasteiger partial charge in [0.1, 0.15) is 12.4 Å². The van der Waals surface area contributed by atoms with Crippen molar-refractivity contribution in [1.29, 1.82) is 0 Å². The highest BCUT2D eigenvalue weighted by molar-refractivity contribution is 6.12. The Balaban J connectivity index is 1.53. The molecule has 4 rings (SSSR count). The molecule has 6 heteroatoms. The Kier molecular flexibility index (Phi) is 5.16. The largest absolute Gasteiger partial charge is 0.493 e. The number of aryl methyl sites for hydroxylation is 1. The van der Waals surface area contributed by atoms with E-state index in [2.05, 4.69) is 5.10 Å². The molecule has 148 valence electrons. The summed E-state index contributed by atoms with van der Waals surface area (Å²) >= 11 is 0. The van der Waals surface area contributed by atoms with Gasteiger partial charge in [-0.15, -0.1) is 0 Å². The summed E-state index contributed by atoms with van der Waals surface area (Å²) in [6.07, 6.45) is 5.00. The maximum atomic E-state index is 13.0. The van der Waals surface area contributed by atoms with Gasteiger partial charge in [-0.1, -0.05) is 18.2 Å². The van der Waals surface area contributed by atoms with E-state index in [0.29, 0.717) is 30.1 Å². The van der Waals surface area contributed by atoms with E-state index in [4.69, 9.17) is 9.47 Å². The molecule has 0 fully saturated rings. The zero-order chi connectivity index (χ0) is 20.4. The fraction of sp³-hybridized carbons (Fsp3) is 0.217. The van der Waals surface area contributed by atoms with Crippen molar-refractivity contribution in [2.45, 2.75) is 19.4 Å². The topological polar surface area (TPSA) is 53.4 Å². The molecule has 0 spiro atoms. The summed E-state index contributed by atoms with van der Waals surface area (Å²) in [6, 6.07) is 11.7. The number of rotatable bonds is 5. The standard InChI is InChI=1S/C23H21FN2O3/c1-26-20-9-6-17(23(27)19(20)13-25-26)11-16-5-10-21(22(12-16)28-2)29-14-15-3-7-18(24)8-4-15/h3-5,7-8,10-13H,6,9,14H2,1-2H3/b17-11-. The zero-order valence-electron chi connectivity index (χ0n) is 16.3. The van der Waals surface area contributed by atoms with Crippen LogP contribution in [-0.2, 0) is 20.1 Å². The van der Waals surface area contributed by atoms with Crippen molar-refractivity contribution in [3.8, 4) is 11.5 Å². The maximum Gasteiger partial charge on any atom is 0.192 e. The molecule has 0 saturated heterocycles. The van der Waals surface area contributed by atoms with Gasteiger partial charge >= 0.3 is 0 Å². The van der Waals surface area contributed by atoms with Gasteiger partial charge in [0.25, 0.3) is 0 Å². The lowest BCUT2D eigenvalue weighted by atomic mass is 9.90. The van der Waals surface area contributed by atoms with Crippen molar-refractivity contribution in [3.63, 3.8) is 0 Å². The number of fused-ring (bicyclic) bond motifs is 1. The molecule has 29 heavy (non-hydrogen) atoms. The number of methoxy groups -OCH3 is 1. The fourth-order valence-electron chi connectivity index (χ4n) is 3.46. The Hall–Kier alpha value is -3.41. The predicted octanol–water partition coefficient (Wildman–Crippen LogP) is 4.36. The Labute approximate surface area is 168 Å². The van der Waals surface area contributed by atoms with E-state index in [-0.39, 0.29) is 11.6 Å². The Morgan fingerprint density at radius 1 is 1.14 bits per heavy atom. The van der Waals surface area contributed by atoms with Crippen LogP contribution in [0.5, 0.6) is 11.5 Å². The van der Waals surface area contributed by atoms with Crippen LogP contribution in [0.2, 0.25) is 0 Å². The second-order valence-corrected chi connectivity index (χ2v) is 6.95. The summed E-state index contributed by atoms with van der Waals surface area (Å²) in [5, 5.41) is 4.19. The third-order valence-electron chi connectivity index (χ3n) is 5.07. The average molecular weight is 392 g/mol. The van der Waals surface area contributed by atoms with E-state index in [1.807, 2.05) is 31.3 Å². The smallest absolute Gasteiger partial charge is 0.192 e. The normalized spacial score (nSPS) is 14.7. The van der Waals surface area contributed by atoms with Crippen molar-refractivity contribution in [1.82, 2.24) is 9.78 Å². The van der Waals surface area contributed by atoms with Crippen molar-refractivity contribution in [3.05, 3.63) is 82.4 Å². The van der Waals surface area contributed by atoms with Gasteiger partial charge in [0.2, 0.25) is 0 Å². The van der Waals surface area contributed by atoms with E-state index >= 15 is 0 Å². The lowest BCUT2D eigenvalue weighted by Gasteiger charge is -2.15. The van der Waals surface area contributed by atoms with Gasteiger partial charge in [0.05, 0.1) is 18.9 Å². The molecule has 1 heterocycles. The molecule has 0 bridgehead atoms. The van der Waals surface area contributed by atoms with Gasteiger partial charge < -0.3 is 9.47 Å². The first-order valence-electron chi connectivity index (χ1n) is 9.36. The number of benzene rings is 2. The van der Waals surface area contributed by atoms with Crippen LogP contribution in [0.3, 0.4) is 0 Å². The van der Waals surface area contributed by atoms with Crippen LogP contribution < -0.4 is 9.47 Å². The molecule has 0 saturated carbocycles. The zero-order valence-corrected chi connectivity index (χ0v) is 16.3. The number of ketones is 1. The van der Waals surface area contributed by atoms with Crippen molar-refractivity contribution in [2.75, 3.05) is 7.11 Å². The third kappa shape index (κ3) is 3.92. The van der Waals surface area contributed by atoms with Gasteiger partial charge in [0.15, 0.2) is 17.3 Å². The summed E-state index contributed by atoms with van der Waals surface area (Å²) < 4.78 is 26.1. The number of ether oxygens (including phenoxy) is 2. The number of aromatic nitrogens is 2. The molecular weight excluding hydrogens is 371 g/mol. The SMILES string of the molecule is COc1cc(/C=C2/CCc3c(cnn3C)C2=O)ccc1OCc1ccc(F)cc1. The van der Waals surface area contributed by atoms with Gasteiger partial charge in [-0.3, -0.25) is 9.48 Å². The third-order valence-corrected chi connectivity index (χ3v) is 5.07. The van der Waals surface area contributed by atoms with Gasteiger partial charge in [-0.25, -0.2) is 4.39 Å². The van der Waals surface area contributed by atoms with E-state index in [1.54, 1.807) is 30.1 Å². The number of hydrogen-bond acceptors (Lipinski definition) is 4. The Bertz CT molecular complexity index is 1080. The molecule has 0 amide bonds. The van der Waals surface area contributed by atoms with E-state index in [0.717, 1.165) is 28.8 Å². The van der Waals surface area contributed by atoms with Crippen LogP contribution in [0.15, 0.2) is 54.2 Å². The maximum absolute atomic E-state index is 13.0. The summed E-state index contributed by atoms with van der Waals surface area (Å²) in [4.78, 5) is 12.7. The minimum atomic E-state index is -0.278. The molecule has 1 aromatic heterocycles. The molecule has 1 aliphatic rings. The van der Waals surface area contributed by atoms with Gasteiger partial charge in [0, 0.05) is 18.3 Å². The average Bonchev–Trinajstić information content (AvgIpc) is 3.11. The lowest BCUT2D eigenvalue weighted by molar-refractivity contribution is 0.102. The number of hydrogen-bond donors (Lipinski definition) is 0. The summed E-state index contributed by atoms with van der Waals surface area (Å²) in [6.45, 7) is 0.305. The minimum Gasteiger partial charge on any atom is -0.493 e. The molecule has 0 N–H and O–H groups in total. The number of carbonyl (C=O) groups excluding carboxylic acids is 1. The highest BCUT2D eigenvalue weighted by Gasteiger charge is 2.25. The second kappa shape index (κ2) is 7.91. The highest BCUT2D eigenvalue weighted by Crippen LogP contribution is 2.31. The molecule has 2 aromatic carbocycles. The summed E-state index contributed by atoms with van der Waals surface area (Å²) in [7, 11) is 3.43. The number of Topliss-reactive ketones (excluding diaryl/α,β-unsaturated/α-hetero) is 1. The predicted molar refractivity (Wildman–Crippen MR) is 108 cm³/mol. The van der Waals surface area contributed by atoms with Crippen LogP contribution in [0.1, 0.15) is 33.6 Å². The van der Waals surface area contributed by atoms with E-state index in [1.165, 1.54) is 12.1 Å². The molecule has 5 nitrogen and oxygen atoms in total. The fourth-order valence-corrected chi connectivity index (χ4v) is 3.46. The molecule has 0 unspecified atom stereocenters. The molecule has 0 aliphatic heterocycles. The highest BCUT2D eigenvalue weighted by atomic mass is 19.1. The monoisotopic (exact) mass is 392 g/mol. The van der Waals surface area contributed by atoms with Crippen LogP contribution in [0, 0.1) is 5.82 Å². The second-order valence-electron chi connectivity index (χ2n) is 6.95. The van der Waals surface area contributed by atoms with Crippen molar-refractivity contribution < 1.29 is 18.7 Å². The van der Waals surface area contributed by atoms with Crippen LogP contribution in [-0.4, -0.2) is 22.7 Å². The van der Waals surface area contributed by atoms with Crippen molar-refractivity contribution >= 4 is 11.9 Å². The molecular formula is C23H21FN2O3. The molecule has 1 aliphatic carbocycles. The van der Waals surface area contributed by atoms with Crippen LogP contribution >= 0.6 is 0 Å². The summed E-state index contributed by atoms with van der Waals surface area (Å²) in [5.74, 6) is 0.907. The first-order chi connectivity index (χ1) is 14.0. The number of carbonyl (C=O) groups is 1. The minimum absolute atomic E-state index is 0.0231. The molecule has 0 radical (unpaired) electrons. The van der Waals surface area contributed by atoms with E-state index in [9.17, 15) is 9.18 Å².